The summed E-state index contributed by atoms with van der Waals surface area (Å²) < 4.78 is 0.0139. The third-order valence-corrected chi connectivity index (χ3v) is 0.694. The molecule has 0 saturated heterocycles. The largest absolute Gasteiger partial charge is 0.159 e. The van der Waals surface area contributed by atoms with Crippen molar-refractivity contribution in [1.82, 2.24) is 0 Å². The van der Waals surface area contributed by atoms with Gasteiger partial charge in [-0.3, -0.25) is 0 Å². The van der Waals surface area contributed by atoms with Gasteiger partial charge in [-0.15, -0.1) is 0 Å². The van der Waals surface area contributed by atoms with E-state index in [4.69, 9.17) is 23.2 Å². The van der Waals surface area contributed by atoms with Crippen LogP contribution in [0.15, 0.2) is 4.49 Å². The van der Waals surface area contributed by atoms with Crippen LogP contribution >= 0.6 is 35.4 Å². The minimum atomic E-state index is 0.0139. The van der Waals surface area contributed by atoms with Crippen LogP contribution in [-0.4, -0.2) is 5.02 Å². The van der Waals surface area contributed by atoms with Crippen LogP contribution in [0.25, 0.3) is 0 Å². The van der Waals surface area contributed by atoms with Crippen molar-refractivity contribution in [3.05, 3.63) is 4.49 Å². The summed E-state index contributed by atoms with van der Waals surface area (Å²) in [5.41, 5.74) is 0. The summed E-state index contributed by atoms with van der Waals surface area (Å²) >= 11 is 14.0. The van der Waals surface area contributed by atoms with Crippen molar-refractivity contribution in [2.45, 2.75) is 0 Å². The van der Waals surface area contributed by atoms with Crippen molar-refractivity contribution in [2.24, 2.45) is 0 Å². The molecule has 0 fully saturated rings. The Morgan fingerprint density at radius 1 is 1.60 bits per heavy atom. The molecule has 0 unspecified atom stereocenters. The van der Waals surface area contributed by atoms with E-state index in [-0.39, 0.29) is 4.49 Å². The van der Waals surface area contributed by atoms with Crippen molar-refractivity contribution in [3.63, 3.8) is 0 Å². The Morgan fingerprint density at radius 2 is 1.80 bits per heavy atom. The predicted octanol–water partition coefficient (Wildman–Crippen LogP) is 1.90. The maximum Gasteiger partial charge on any atom is 0.159 e. The molecule has 0 radical (unpaired) electrons. The molecule has 0 spiro atoms. The van der Waals surface area contributed by atoms with E-state index < -0.39 is 0 Å². The Hall–Kier alpha value is 0.450. The lowest BCUT2D eigenvalue weighted by Crippen LogP contribution is -1.39. The second-order valence-corrected chi connectivity index (χ2v) is 1.52. The average Bonchev–Trinajstić information content (AvgIpc) is 1.38. The maximum atomic E-state index is 4.93. The van der Waals surface area contributed by atoms with Gasteiger partial charge in [0.05, 0.1) is 0 Å². The first-order valence-corrected chi connectivity index (χ1v) is 2.00. The molecule has 0 aliphatic heterocycles. The average molecular weight is 127 g/mol. The first-order valence-electron chi connectivity index (χ1n) is 0.832. The molecule has 0 rings (SSSR count). The van der Waals surface area contributed by atoms with Crippen LogP contribution in [0.2, 0.25) is 0 Å². The molecule has 0 amide bonds. The Labute approximate surface area is 45.4 Å². The van der Waals surface area contributed by atoms with Crippen molar-refractivity contribution in [1.29, 1.82) is 0 Å². The fraction of sp³-hybridized carbons (Fsp3) is 0. The summed E-state index contributed by atoms with van der Waals surface area (Å²) in [4.78, 5) is 0. The van der Waals surface area contributed by atoms with Gasteiger partial charge >= 0.3 is 0 Å². The third-order valence-electron chi connectivity index (χ3n) is 0.0772. The molecule has 0 heterocycles. The van der Waals surface area contributed by atoms with Crippen LogP contribution in [-0.2, 0) is 0 Å². The van der Waals surface area contributed by atoms with Gasteiger partial charge in [-0.2, -0.15) is 0 Å². The third kappa shape index (κ3) is 4.45. The topological polar surface area (TPSA) is 0 Å². The van der Waals surface area contributed by atoms with Gasteiger partial charge in [0.25, 0.3) is 0 Å². The van der Waals surface area contributed by atoms with E-state index in [9.17, 15) is 0 Å². The minimum absolute atomic E-state index is 0.0139. The van der Waals surface area contributed by atoms with Crippen LogP contribution in [0.3, 0.4) is 0 Å². The van der Waals surface area contributed by atoms with Crippen LogP contribution in [0.4, 0.5) is 0 Å². The zero-order valence-corrected chi connectivity index (χ0v) is 4.49. The van der Waals surface area contributed by atoms with Gasteiger partial charge in [0.1, 0.15) is 0 Å². The number of hydrogen-bond donors (Lipinski definition) is 0. The van der Waals surface area contributed by atoms with E-state index >= 15 is 0 Å². The molecular weight excluding hydrogens is 127 g/mol. The zero-order chi connectivity index (χ0) is 4.28. The van der Waals surface area contributed by atoms with Gasteiger partial charge in [0.2, 0.25) is 0 Å². The summed E-state index contributed by atoms with van der Waals surface area (Å²) in [6, 6.07) is 0. The highest BCUT2D eigenvalue weighted by atomic mass is 35.5. The van der Waals surface area contributed by atoms with E-state index in [1.165, 1.54) is 0 Å². The van der Waals surface area contributed by atoms with Crippen molar-refractivity contribution < 1.29 is 0 Å². The molecule has 0 aromatic rings. The fourth-order valence-corrected chi connectivity index (χ4v) is 0. The van der Waals surface area contributed by atoms with Gasteiger partial charge in [0, 0.05) is 0 Å². The highest BCUT2D eigenvalue weighted by Crippen LogP contribution is 1.98. The first kappa shape index (κ1) is 5.45. The summed E-state index contributed by atoms with van der Waals surface area (Å²) in [5, 5.41) is 2.06. The van der Waals surface area contributed by atoms with Crippen molar-refractivity contribution in [2.75, 3.05) is 0 Å². The molecule has 0 aromatic carbocycles. The molecule has 0 bridgehead atoms. The Bertz CT molecular complexity index is 67.7. The molecular formula is C2Cl2S. The standard InChI is InChI=1S/C2Cl2S/c3-2(4)1-5. The predicted molar refractivity (Wildman–Crippen MR) is 27.8 cm³/mol. The van der Waals surface area contributed by atoms with Gasteiger partial charge < -0.3 is 0 Å². The smallest absolute Gasteiger partial charge is 0.0606 e. The molecule has 0 N–H and O–H groups in total. The summed E-state index contributed by atoms with van der Waals surface area (Å²) in [6.45, 7) is 0. The highest BCUT2D eigenvalue weighted by Gasteiger charge is 1.67. The Kier molecular flexibility index (Phi) is 2.92. The summed E-state index contributed by atoms with van der Waals surface area (Å²) in [7, 11) is 0. The van der Waals surface area contributed by atoms with Crippen molar-refractivity contribution in [3.8, 4) is 0 Å². The Balaban J connectivity index is 3.60. The van der Waals surface area contributed by atoms with Crippen LogP contribution in [0.5, 0.6) is 0 Å². The van der Waals surface area contributed by atoms with E-state index in [0.29, 0.717) is 0 Å². The van der Waals surface area contributed by atoms with E-state index in [0.717, 1.165) is 0 Å². The van der Waals surface area contributed by atoms with Gasteiger partial charge in [-0.05, 0) is 17.2 Å². The molecule has 0 nitrogen and oxygen atoms in total. The van der Waals surface area contributed by atoms with Crippen molar-refractivity contribution >= 4 is 40.4 Å². The van der Waals surface area contributed by atoms with Crippen LogP contribution in [0, 0.1) is 0 Å². The second kappa shape index (κ2) is 2.67. The molecule has 0 saturated carbocycles. The van der Waals surface area contributed by atoms with E-state index in [1.54, 1.807) is 0 Å². The zero-order valence-electron chi connectivity index (χ0n) is 2.16. The summed E-state index contributed by atoms with van der Waals surface area (Å²) in [5.74, 6) is 0. The number of thiocarbonyl (C=S) groups is 1. The fourth-order valence-electron chi connectivity index (χ4n) is 0. The molecule has 3 heteroatoms. The maximum absolute atomic E-state index is 4.93. The van der Waals surface area contributed by atoms with Gasteiger partial charge in [0.15, 0.2) is 4.49 Å². The lowest BCUT2D eigenvalue weighted by atomic mass is 11.3. The number of halogens is 2. The molecule has 5 heavy (non-hydrogen) atoms. The molecule has 28 valence electrons. The number of hydrogen-bond acceptors (Lipinski definition) is 1. The lowest BCUT2D eigenvalue weighted by Gasteiger charge is -1.57. The first-order chi connectivity index (χ1) is 2.27. The van der Waals surface area contributed by atoms with Gasteiger partial charge in [-0.25, -0.2) is 0 Å². The molecule has 0 aliphatic carbocycles. The highest BCUT2D eigenvalue weighted by molar-refractivity contribution is 7.78. The lowest BCUT2D eigenvalue weighted by molar-refractivity contribution is 2.66. The Morgan fingerprint density at radius 3 is 1.80 bits per heavy atom. The van der Waals surface area contributed by atoms with E-state index in [2.05, 4.69) is 17.2 Å². The van der Waals surface area contributed by atoms with Gasteiger partial charge in [-0.1, -0.05) is 23.2 Å². The minimum Gasteiger partial charge on any atom is -0.0606 e. The van der Waals surface area contributed by atoms with E-state index in [1.807, 2.05) is 0 Å². The normalized spacial score (nSPS) is 6.00. The SMILES string of the molecule is S=C=C(Cl)Cl. The second-order valence-electron chi connectivity index (χ2n) is 0.362. The quantitative estimate of drug-likeness (QED) is 0.448. The summed E-state index contributed by atoms with van der Waals surface area (Å²) in [6.07, 6.45) is 0. The molecule has 0 aromatic heterocycles. The monoisotopic (exact) mass is 126 g/mol. The molecule has 0 aliphatic rings. The van der Waals surface area contributed by atoms with Crippen LogP contribution in [0.1, 0.15) is 0 Å². The molecule has 0 atom stereocenters. The number of rotatable bonds is 0. The van der Waals surface area contributed by atoms with Crippen LogP contribution < -0.4 is 0 Å².